The number of carbonyl (C=O) groups is 1. The summed E-state index contributed by atoms with van der Waals surface area (Å²) >= 11 is 1.58. The second-order valence-electron chi connectivity index (χ2n) is 8.52. The number of hydrogen-bond donors (Lipinski definition) is 0. The smallest absolute Gasteiger partial charge is 0.271 e. The number of furan rings is 1. The van der Waals surface area contributed by atoms with Crippen LogP contribution in [0.25, 0.3) is 22.3 Å². The maximum Gasteiger partial charge on any atom is 0.271 e. The fourth-order valence-corrected chi connectivity index (χ4v) is 5.25. The number of rotatable bonds is 4. The number of aryl methyl sites for hydroxylation is 2. The van der Waals surface area contributed by atoms with Crippen molar-refractivity contribution in [3.8, 4) is 11.3 Å². The van der Waals surface area contributed by atoms with E-state index < -0.39 is 4.92 Å². The van der Waals surface area contributed by atoms with Crippen LogP contribution < -0.4 is 4.90 Å². The van der Waals surface area contributed by atoms with Crippen LogP contribution in [0.4, 0.5) is 11.4 Å². The van der Waals surface area contributed by atoms with Gasteiger partial charge in [-0.25, -0.2) is 9.67 Å². The number of nitro benzene ring substituents is 1. The van der Waals surface area contributed by atoms with E-state index in [0.29, 0.717) is 46.0 Å². The van der Waals surface area contributed by atoms with E-state index in [4.69, 9.17) is 9.40 Å². The Morgan fingerprint density at radius 3 is 2.71 bits per heavy atom. The van der Waals surface area contributed by atoms with E-state index in [1.165, 1.54) is 12.1 Å². The van der Waals surface area contributed by atoms with E-state index in [9.17, 15) is 14.9 Å². The van der Waals surface area contributed by atoms with Crippen LogP contribution in [-0.4, -0.2) is 37.9 Å². The molecule has 1 aliphatic heterocycles. The van der Waals surface area contributed by atoms with Crippen LogP contribution in [-0.2, 0) is 0 Å². The highest BCUT2D eigenvalue weighted by Crippen LogP contribution is 2.39. The fraction of sp³-hybridized carbons (Fsp3) is 0.292. The number of thioether (sulfide) groups is 1. The van der Waals surface area contributed by atoms with Gasteiger partial charge in [0.25, 0.3) is 11.6 Å². The molecule has 34 heavy (non-hydrogen) atoms. The van der Waals surface area contributed by atoms with Crippen LogP contribution >= 0.6 is 11.8 Å². The summed E-state index contributed by atoms with van der Waals surface area (Å²) in [6, 6.07) is 8.38. The molecular formula is C24H23N5O4S. The topological polar surface area (TPSA) is 107 Å². The number of amides is 1. The fourth-order valence-electron chi connectivity index (χ4n) is 4.27. The van der Waals surface area contributed by atoms with E-state index in [1.54, 1.807) is 39.7 Å². The zero-order valence-corrected chi connectivity index (χ0v) is 20.0. The van der Waals surface area contributed by atoms with Crippen LogP contribution in [0.1, 0.15) is 41.8 Å². The zero-order valence-electron chi connectivity index (χ0n) is 19.2. The third-order valence-electron chi connectivity index (χ3n) is 5.86. The number of aromatic nitrogens is 3. The Bertz CT molecular complexity index is 1460. The van der Waals surface area contributed by atoms with E-state index in [-0.39, 0.29) is 17.6 Å². The van der Waals surface area contributed by atoms with Gasteiger partial charge < -0.3 is 9.32 Å². The van der Waals surface area contributed by atoms with Crippen molar-refractivity contribution in [1.29, 1.82) is 0 Å². The zero-order chi connectivity index (χ0) is 24.1. The largest absolute Gasteiger partial charge is 0.466 e. The molecule has 5 rings (SSSR count). The van der Waals surface area contributed by atoms with Gasteiger partial charge in [0.2, 0.25) is 0 Å². The summed E-state index contributed by atoms with van der Waals surface area (Å²) in [4.78, 5) is 32.2. The molecule has 0 spiro atoms. The molecule has 0 aliphatic carbocycles. The maximum atomic E-state index is 14.0. The third-order valence-corrected chi connectivity index (χ3v) is 6.91. The van der Waals surface area contributed by atoms with Gasteiger partial charge in [0, 0.05) is 40.9 Å². The summed E-state index contributed by atoms with van der Waals surface area (Å²) in [5, 5.41) is 16.5. The Morgan fingerprint density at radius 2 is 2.03 bits per heavy atom. The normalized spacial score (nSPS) is 13.5. The molecule has 1 aromatic carbocycles. The molecule has 0 radical (unpaired) electrons. The van der Waals surface area contributed by atoms with E-state index in [2.05, 4.69) is 5.10 Å². The summed E-state index contributed by atoms with van der Waals surface area (Å²) in [6.45, 7) is 8.19. The SMILES string of the molecule is Cc1cc(-c2cc(C(=O)N3CCSc4ccc([N+](=O)[O-])cc43)c3cnn(C(C)C)c3n2)c(C)o1. The molecule has 4 heterocycles. The molecule has 0 atom stereocenters. The molecule has 174 valence electrons. The predicted molar refractivity (Wildman–Crippen MR) is 131 cm³/mol. The summed E-state index contributed by atoms with van der Waals surface area (Å²) in [6.07, 6.45) is 1.67. The lowest BCUT2D eigenvalue weighted by Gasteiger charge is -2.29. The molecule has 0 bridgehead atoms. The van der Waals surface area contributed by atoms with Crippen LogP contribution in [0.15, 0.2) is 45.8 Å². The van der Waals surface area contributed by atoms with Crippen molar-refractivity contribution in [2.24, 2.45) is 0 Å². The first-order valence-electron chi connectivity index (χ1n) is 10.9. The van der Waals surface area contributed by atoms with E-state index in [0.717, 1.165) is 16.2 Å². The van der Waals surface area contributed by atoms with E-state index >= 15 is 0 Å². The van der Waals surface area contributed by atoms with Gasteiger partial charge >= 0.3 is 0 Å². The number of non-ortho nitro benzene ring substituents is 1. The number of anilines is 1. The molecule has 0 N–H and O–H groups in total. The van der Waals surface area contributed by atoms with Gasteiger partial charge in [-0.1, -0.05) is 0 Å². The van der Waals surface area contributed by atoms with Crippen molar-refractivity contribution >= 4 is 40.1 Å². The van der Waals surface area contributed by atoms with Crippen LogP contribution in [0.5, 0.6) is 0 Å². The first-order valence-corrected chi connectivity index (χ1v) is 11.9. The number of nitro groups is 1. The van der Waals surface area contributed by atoms with Gasteiger partial charge in [0.05, 0.1) is 33.5 Å². The highest BCUT2D eigenvalue weighted by molar-refractivity contribution is 7.99. The number of benzene rings is 1. The quantitative estimate of drug-likeness (QED) is 0.280. The highest BCUT2D eigenvalue weighted by atomic mass is 32.2. The van der Waals surface area contributed by atoms with Crippen molar-refractivity contribution in [3.05, 3.63) is 63.7 Å². The second-order valence-corrected chi connectivity index (χ2v) is 9.65. The Kier molecular flexibility index (Phi) is 5.40. The first-order chi connectivity index (χ1) is 16.2. The summed E-state index contributed by atoms with van der Waals surface area (Å²) in [5.41, 5.74) is 3.01. The lowest BCUT2D eigenvalue weighted by molar-refractivity contribution is -0.384. The molecule has 0 saturated carbocycles. The van der Waals surface area contributed by atoms with Gasteiger partial charge in [0.15, 0.2) is 5.65 Å². The number of hydrogen-bond acceptors (Lipinski definition) is 7. The number of pyridine rings is 1. The Morgan fingerprint density at radius 1 is 1.24 bits per heavy atom. The second kappa shape index (κ2) is 8.28. The molecule has 1 aliphatic rings. The predicted octanol–water partition coefficient (Wildman–Crippen LogP) is 5.55. The van der Waals surface area contributed by atoms with Crippen LogP contribution in [0.2, 0.25) is 0 Å². The van der Waals surface area contributed by atoms with Crippen molar-refractivity contribution in [1.82, 2.24) is 14.8 Å². The third kappa shape index (κ3) is 3.63. The van der Waals surface area contributed by atoms with Gasteiger partial charge in [-0.05, 0) is 45.9 Å². The molecule has 1 amide bonds. The average molecular weight is 478 g/mol. The molecule has 0 fully saturated rings. The minimum absolute atomic E-state index is 0.0447. The average Bonchev–Trinajstić information content (AvgIpc) is 3.39. The van der Waals surface area contributed by atoms with Gasteiger partial charge in [-0.3, -0.25) is 14.9 Å². The monoisotopic (exact) mass is 477 g/mol. The number of nitrogens with zero attached hydrogens (tertiary/aromatic N) is 5. The molecule has 4 aromatic rings. The standard InChI is InChI=1S/C24H23N5O4S/c1-13(2)28-23-19(12-25-28)18(11-20(26-23)17-9-14(3)33-15(17)4)24(30)27-7-8-34-22-6-5-16(29(31)32)10-21(22)27/h5-6,9-13H,7-8H2,1-4H3. The summed E-state index contributed by atoms with van der Waals surface area (Å²) in [7, 11) is 0. The van der Waals surface area contributed by atoms with Gasteiger partial charge in [-0.15, -0.1) is 11.8 Å². The van der Waals surface area contributed by atoms with E-state index in [1.807, 2.05) is 33.8 Å². The summed E-state index contributed by atoms with van der Waals surface area (Å²) in [5.74, 6) is 1.93. The number of carbonyl (C=O) groups excluding carboxylic acids is 1. The lowest BCUT2D eigenvalue weighted by Crippen LogP contribution is -2.35. The molecule has 3 aromatic heterocycles. The Balaban J connectivity index is 1.70. The minimum atomic E-state index is -0.443. The van der Waals surface area contributed by atoms with Crippen molar-refractivity contribution in [2.75, 3.05) is 17.2 Å². The minimum Gasteiger partial charge on any atom is -0.466 e. The Hall–Kier alpha value is -3.66. The maximum absolute atomic E-state index is 14.0. The number of fused-ring (bicyclic) bond motifs is 2. The molecule has 10 heteroatoms. The van der Waals surface area contributed by atoms with Crippen LogP contribution in [0, 0.1) is 24.0 Å². The Labute approximate surface area is 199 Å². The lowest BCUT2D eigenvalue weighted by atomic mass is 10.1. The van der Waals surface area contributed by atoms with Crippen molar-refractivity contribution in [2.45, 2.75) is 38.6 Å². The summed E-state index contributed by atoms with van der Waals surface area (Å²) < 4.78 is 7.51. The first kappa shape index (κ1) is 22.1. The van der Waals surface area contributed by atoms with Crippen molar-refractivity contribution in [3.63, 3.8) is 0 Å². The van der Waals surface area contributed by atoms with Gasteiger partial charge in [0.1, 0.15) is 11.5 Å². The van der Waals surface area contributed by atoms with Crippen LogP contribution in [0.3, 0.4) is 0 Å². The molecule has 9 nitrogen and oxygen atoms in total. The van der Waals surface area contributed by atoms with Crippen molar-refractivity contribution < 1.29 is 14.1 Å². The molecule has 0 saturated heterocycles. The van der Waals surface area contributed by atoms with Gasteiger partial charge in [-0.2, -0.15) is 5.10 Å². The highest BCUT2D eigenvalue weighted by Gasteiger charge is 2.29. The molecule has 0 unspecified atom stereocenters. The molecular weight excluding hydrogens is 454 g/mol.